The van der Waals surface area contributed by atoms with Crippen molar-refractivity contribution < 1.29 is 4.52 Å². The van der Waals surface area contributed by atoms with Crippen LogP contribution in [-0.4, -0.2) is 14.7 Å². The molecule has 4 nitrogen and oxygen atoms in total. The Morgan fingerprint density at radius 3 is 2.52 bits per heavy atom. The predicted molar refractivity (Wildman–Crippen MR) is 126 cm³/mol. The van der Waals surface area contributed by atoms with Crippen LogP contribution in [0.5, 0.6) is 0 Å². The van der Waals surface area contributed by atoms with Crippen LogP contribution in [0.1, 0.15) is 16.8 Å². The zero-order chi connectivity index (χ0) is 21.5. The maximum Gasteiger partial charge on any atom is 0.258 e. The molecule has 2 aromatic heterocycles. The van der Waals surface area contributed by atoms with Gasteiger partial charge in [0.25, 0.3) is 5.89 Å². The average molecular weight is 448 g/mol. The largest absolute Gasteiger partial charge is 0.340 e. The molecule has 0 fully saturated rings. The van der Waals surface area contributed by atoms with Gasteiger partial charge >= 0.3 is 0 Å². The highest BCUT2D eigenvalue weighted by Gasteiger charge is 2.17. The lowest BCUT2D eigenvalue weighted by Gasteiger charge is -2.09. The van der Waals surface area contributed by atoms with E-state index in [-0.39, 0.29) is 0 Å². The van der Waals surface area contributed by atoms with Crippen LogP contribution in [0.3, 0.4) is 0 Å². The van der Waals surface area contributed by atoms with Gasteiger partial charge < -0.3 is 9.09 Å². The molecule has 0 bridgehead atoms. The molecule has 0 atom stereocenters. The van der Waals surface area contributed by atoms with Crippen molar-refractivity contribution >= 4 is 34.1 Å². The summed E-state index contributed by atoms with van der Waals surface area (Å²) in [6.45, 7) is 5.14. The zero-order valence-corrected chi connectivity index (χ0v) is 18.6. The number of benzene rings is 3. The summed E-state index contributed by atoms with van der Waals surface area (Å²) in [5.41, 5.74) is 6.50. The Hall–Kier alpha value is -3.08. The van der Waals surface area contributed by atoms with Crippen LogP contribution >= 0.6 is 23.2 Å². The Morgan fingerprint density at radius 2 is 1.74 bits per heavy atom. The monoisotopic (exact) mass is 447 g/mol. The molecule has 0 aliphatic rings. The molecule has 0 aliphatic carbocycles. The quantitative estimate of drug-likeness (QED) is 0.289. The molecular formula is C25H19Cl2N3O. The molecule has 0 saturated carbocycles. The Bertz CT molecular complexity index is 1400. The lowest BCUT2D eigenvalue weighted by molar-refractivity contribution is 0.432. The number of rotatable bonds is 4. The van der Waals surface area contributed by atoms with Crippen molar-refractivity contribution in [1.29, 1.82) is 0 Å². The highest BCUT2D eigenvalue weighted by atomic mass is 35.5. The number of nitrogens with zero attached hydrogens (tertiary/aromatic N) is 3. The Morgan fingerprint density at radius 1 is 0.935 bits per heavy atom. The Balaban J connectivity index is 1.54. The third kappa shape index (κ3) is 3.62. The van der Waals surface area contributed by atoms with Crippen LogP contribution < -0.4 is 0 Å². The SMILES string of the molecule is Cc1c(C)n(Cc2ccccc2)c2ccc(-c3nc(-c4ccc(Cl)cc4Cl)no3)cc12. The molecule has 0 unspecified atom stereocenters. The number of halogens is 2. The molecule has 0 radical (unpaired) electrons. The van der Waals surface area contributed by atoms with Crippen LogP contribution in [0.25, 0.3) is 33.7 Å². The first kappa shape index (κ1) is 19.9. The van der Waals surface area contributed by atoms with E-state index in [0.717, 1.165) is 12.1 Å². The number of hydrogen-bond donors (Lipinski definition) is 0. The van der Waals surface area contributed by atoms with E-state index in [9.17, 15) is 0 Å². The summed E-state index contributed by atoms with van der Waals surface area (Å²) in [6, 6.07) is 21.9. The number of aryl methyl sites for hydroxylation is 1. The Kier molecular flexibility index (Phi) is 5.05. The van der Waals surface area contributed by atoms with E-state index >= 15 is 0 Å². The van der Waals surface area contributed by atoms with Crippen molar-refractivity contribution in [3.63, 3.8) is 0 Å². The molecule has 0 spiro atoms. The van der Waals surface area contributed by atoms with Gasteiger partial charge in [0.15, 0.2) is 0 Å². The van der Waals surface area contributed by atoms with E-state index in [1.807, 2.05) is 12.1 Å². The van der Waals surface area contributed by atoms with Gasteiger partial charge in [-0.05, 0) is 61.4 Å². The molecule has 5 rings (SSSR count). The highest BCUT2D eigenvalue weighted by Crippen LogP contribution is 2.33. The Labute approximate surface area is 190 Å². The molecule has 0 amide bonds. The van der Waals surface area contributed by atoms with Gasteiger partial charge in [-0.15, -0.1) is 0 Å². The van der Waals surface area contributed by atoms with Gasteiger partial charge in [-0.2, -0.15) is 4.98 Å². The lowest BCUT2D eigenvalue weighted by Crippen LogP contribution is -2.01. The fourth-order valence-electron chi connectivity index (χ4n) is 3.87. The van der Waals surface area contributed by atoms with Crippen molar-refractivity contribution in [2.45, 2.75) is 20.4 Å². The van der Waals surface area contributed by atoms with Gasteiger partial charge in [0.1, 0.15) is 0 Å². The van der Waals surface area contributed by atoms with Gasteiger partial charge in [0, 0.05) is 39.3 Å². The van der Waals surface area contributed by atoms with Crippen LogP contribution in [0.15, 0.2) is 71.3 Å². The summed E-state index contributed by atoms with van der Waals surface area (Å²) in [7, 11) is 0. The van der Waals surface area contributed by atoms with Crippen LogP contribution in [0.4, 0.5) is 0 Å². The minimum Gasteiger partial charge on any atom is -0.340 e. The maximum atomic E-state index is 6.30. The molecule has 3 aromatic carbocycles. The second-order valence-corrected chi connectivity index (χ2v) is 8.41. The van der Waals surface area contributed by atoms with Gasteiger partial charge in [-0.3, -0.25) is 0 Å². The smallest absolute Gasteiger partial charge is 0.258 e. The van der Waals surface area contributed by atoms with Crippen molar-refractivity contribution in [2.24, 2.45) is 0 Å². The fraction of sp³-hybridized carbons (Fsp3) is 0.120. The molecule has 0 aliphatic heterocycles. The summed E-state index contributed by atoms with van der Waals surface area (Å²) in [6.07, 6.45) is 0. The first-order valence-electron chi connectivity index (χ1n) is 9.94. The van der Waals surface area contributed by atoms with Gasteiger partial charge in [0.05, 0.1) is 5.02 Å². The molecule has 31 heavy (non-hydrogen) atoms. The molecule has 154 valence electrons. The van der Waals surface area contributed by atoms with Gasteiger partial charge in [-0.25, -0.2) is 0 Å². The van der Waals surface area contributed by atoms with Crippen LogP contribution in [0, 0.1) is 13.8 Å². The maximum absolute atomic E-state index is 6.30. The summed E-state index contributed by atoms with van der Waals surface area (Å²) in [5.74, 6) is 0.891. The lowest BCUT2D eigenvalue weighted by atomic mass is 10.1. The van der Waals surface area contributed by atoms with Crippen LogP contribution in [-0.2, 0) is 6.54 Å². The predicted octanol–water partition coefficient (Wildman–Crippen LogP) is 7.33. The van der Waals surface area contributed by atoms with Gasteiger partial charge in [-0.1, -0.05) is 58.7 Å². The van der Waals surface area contributed by atoms with Crippen molar-refractivity contribution in [1.82, 2.24) is 14.7 Å². The first-order chi connectivity index (χ1) is 15.0. The topological polar surface area (TPSA) is 43.9 Å². The van der Waals surface area contributed by atoms with E-state index in [1.54, 1.807) is 18.2 Å². The van der Waals surface area contributed by atoms with E-state index in [2.05, 4.69) is 65.0 Å². The standard InChI is InChI=1S/C25H19Cl2N3O/c1-15-16(2)30(14-17-6-4-3-5-7-17)23-11-8-18(12-21(15)23)25-28-24(29-31-25)20-10-9-19(26)13-22(20)27/h3-13H,14H2,1-2H3. The molecule has 0 N–H and O–H groups in total. The fourth-order valence-corrected chi connectivity index (χ4v) is 4.37. The number of hydrogen-bond acceptors (Lipinski definition) is 3. The summed E-state index contributed by atoms with van der Waals surface area (Å²) in [5, 5.41) is 6.34. The average Bonchev–Trinajstić information content (AvgIpc) is 3.34. The van der Waals surface area contributed by atoms with Crippen molar-refractivity contribution in [2.75, 3.05) is 0 Å². The summed E-state index contributed by atoms with van der Waals surface area (Å²) >= 11 is 12.3. The number of fused-ring (bicyclic) bond motifs is 1. The second kappa shape index (κ2) is 7.88. The molecule has 5 aromatic rings. The van der Waals surface area contributed by atoms with E-state index in [1.165, 1.54) is 27.7 Å². The molecule has 0 saturated heterocycles. The third-order valence-corrected chi connectivity index (χ3v) is 6.22. The molecule has 6 heteroatoms. The minimum absolute atomic E-state index is 0.436. The normalized spacial score (nSPS) is 11.4. The van der Waals surface area contributed by atoms with Gasteiger partial charge in [0.2, 0.25) is 5.82 Å². The zero-order valence-electron chi connectivity index (χ0n) is 17.1. The first-order valence-corrected chi connectivity index (χ1v) is 10.7. The van der Waals surface area contributed by atoms with Crippen molar-refractivity contribution in [3.05, 3.63) is 93.6 Å². The van der Waals surface area contributed by atoms with E-state index in [0.29, 0.717) is 27.3 Å². The summed E-state index contributed by atoms with van der Waals surface area (Å²) in [4.78, 5) is 4.56. The molecular weight excluding hydrogens is 429 g/mol. The number of aromatic nitrogens is 3. The van der Waals surface area contributed by atoms with Crippen molar-refractivity contribution in [3.8, 4) is 22.8 Å². The highest BCUT2D eigenvalue weighted by molar-refractivity contribution is 6.36. The minimum atomic E-state index is 0.436. The second-order valence-electron chi connectivity index (χ2n) is 7.56. The molecule has 2 heterocycles. The van der Waals surface area contributed by atoms with E-state index in [4.69, 9.17) is 27.7 Å². The summed E-state index contributed by atoms with van der Waals surface area (Å²) < 4.78 is 7.90. The third-order valence-electron chi connectivity index (χ3n) is 5.67. The van der Waals surface area contributed by atoms with Crippen LogP contribution in [0.2, 0.25) is 10.0 Å². The van der Waals surface area contributed by atoms with E-state index < -0.39 is 0 Å².